The SMILES string of the molecule is COC(=O)CC1(C#N)C[C@H](C)[C@@H](C)C1. The molecule has 1 fully saturated rings. The van der Waals surface area contributed by atoms with Crippen molar-refractivity contribution >= 4 is 5.97 Å². The molecular formula is C11H17NO2. The molecule has 0 heterocycles. The molecule has 1 rings (SSSR count). The summed E-state index contributed by atoms with van der Waals surface area (Å²) in [4.78, 5) is 11.2. The predicted molar refractivity (Wildman–Crippen MR) is 52.2 cm³/mol. The molecule has 0 unspecified atom stereocenters. The van der Waals surface area contributed by atoms with Gasteiger partial charge in [0.05, 0.1) is 25.0 Å². The molecule has 1 saturated carbocycles. The first-order valence-electron chi connectivity index (χ1n) is 5.01. The minimum atomic E-state index is -0.466. The van der Waals surface area contributed by atoms with Crippen LogP contribution in [0.15, 0.2) is 0 Å². The van der Waals surface area contributed by atoms with Crippen LogP contribution in [0, 0.1) is 28.6 Å². The molecule has 1 aliphatic carbocycles. The Morgan fingerprint density at radius 3 is 2.36 bits per heavy atom. The van der Waals surface area contributed by atoms with Gasteiger partial charge >= 0.3 is 5.97 Å². The van der Waals surface area contributed by atoms with Gasteiger partial charge in [0.1, 0.15) is 0 Å². The maximum atomic E-state index is 11.2. The van der Waals surface area contributed by atoms with E-state index in [1.54, 1.807) is 0 Å². The number of rotatable bonds is 2. The number of hydrogen-bond donors (Lipinski definition) is 0. The summed E-state index contributed by atoms with van der Waals surface area (Å²) < 4.78 is 4.62. The van der Waals surface area contributed by atoms with Crippen molar-refractivity contribution in [3.05, 3.63) is 0 Å². The molecule has 0 aromatic rings. The zero-order valence-electron chi connectivity index (χ0n) is 9.04. The van der Waals surface area contributed by atoms with Crippen LogP contribution in [-0.4, -0.2) is 13.1 Å². The minimum absolute atomic E-state index is 0.245. The third kappa shape index (κ3) is 2.06. The average Bonchev–Trinajstić information content (AvgIpc) is 2.43. The third-order valence-corrected chi connectivity index (χ3v) is 3.34. The van der Waals surface area contributed by atoms with Crippen LogP contribution in [0.5, 0.6) is 0 Å². The van der Waals surface area contributed by atoms with E-state index in [0.29, 0.717) is 11.8 Å². The largest absolute Gasteiger partial charge is 0.469 e. The van der Waals surface area contributed by atoms with E-state index >= 15 is 0 Å². The molecule has 14 heavy (non-hydrogen) atoms. The molecule has 0 saturated heterocycles. The summed E-state index contributed by atoms with van der Waals surface area (Å²) in [6.07, 6.45) is 1.88. The van der Waals surface area contributed by atoms with E-state index in [1.807, 2.05) is 0 Å². The molecule has 78 valence electrons. The fourth-order valence-electron chi connectivity index (χ4n) is 2.34. The quantitative estimate of drug-likeness (QED) is 0.634. The lowest BCUT2D eigenvalue weighted by Crippen LogP contribution is -2.20. The van der Waals surface area contributed by atoms with Gasteiger partial charge < -0.3 is 4.74 Å². The number of esters is 1. The molecule has 0 radical (unpaired) electrons. The maximum Gasteiger partial charge on any atom is 0.307 e. The molecule has 3 heteroatoms. The summed E-state index contributed by atoms with van der Waals surface area (Å²) in [5.74, 6) is 0.784. The van der Waals surface area contributed by atoms with Gasteiger partial charge in [-0.15, -0.1) is 0 Å². The Balaban J connectivity index is 2.71. The molecular weight excluding hydrogens is 178 g/mol. The zero-order valence-corrected chi connectivity index (χ0v) is 9.04. The number of carbonyl (C=O) groups excluding carboxylic acids is 1. The van der Waals surface area contributed by atoms with Gasteiger partial charge in [0, 0.05) is 0 Å². The van der Waals surface area contributed by atoms with Crippen molar-refractivity contribution in [2.75, 3.05) is 7.11 Å². The molecule has 2 atom stereocenters. The standard InChI is InChI=1S/C11H17NO2/c1-8-4-11(7-12,5-9(8)2)6-10(13)14-3/h8-9H,4-6H2,1-3H3/t8-,9-/m0/s1. The van der Waals surface area contributed by atoms with E-state index in [1.165, 1.54) is 7.11 Å². The van der Waals surface area contributed by atoms with Crippen molar-refractivity contribution in [3.8, 4) is 6.07 Å². The highest BCUT2D eigenvalue weighted by molar-refractivity contribution is 5.70. The van der Waals surface area contributed by atoms with Crippen molar-refractivity contribution < 1.29 is 9.53 Å². The van der Waals surface area contributed by atoms with Crippen molar-refractivity contribution in [2.45, 2.75) is 33.1 Å². The average molecular weight is 195 g/mol. The minimum Gasteiger partial charge on any atom is -0.469 e. The highest BCUT2D eigenvalue weighted by Crippen LogP contribution is 2.47. The highest BCUT2D eigenvalue weighted by Gasteiger charge is 2.43. The fourth-order valence-corrected chi connectivity index (χ4v) is 2.34. The van der Waals surface area contributed by atoms with E-state index in [-0.39, 0.29) is 12.4 Å². The number of hydrogen-bond acceptors (Lipinski definition) is 3. The lowest BCUT2D eigenvalue weighted by atomic mass is 9.83. The second-order valence-corrected chi connectivity index (χ2v) is 4.51. The molecule has 0 N–H and O–H groups in total. The van der Waals surface area contributed by atoms with E-state index in [0.717, 1.165) is 12.8 Å². The van der Waals surface area contributed by atoms with E-state index in [4.69, 9.17) is 5.26 Å². The molecule has 1 aliphatic rings. The molecule has 0 aliphatic heterocycles. The van der Waals surface area contributed by atoms with Gasteiger partial charge in [-0.3, -0.25) is 4.79 Å². The first kappa shape index (κ1) is 11.0. The molecule has 0 spiro atoms. The Bertz CT molecular complexity index is 257. The Morgan fingerprint density at radius 1 is 1.50 bits per heavy atom. The zero-order chi connectivity index (χ0) is 10.8. The monoisotopic (exact) mass is 195 g/mol. The van der Waals surface area contributed by atoms with E-state index in [2.05, 4.69) is 24.7 Å². The van der Waals surface area contributed by atoms with Crippen molar-refractivity contribution in [2.24, 2.45) is 17.3 Å². The molecule has 0 bridgehead atoms. The lowest BCUT2D eigenvalue weighted by Gasteiger charge is -2.18. The summed E-state index contributed by atoms with van der Waals surface area (Å²) in [6.45, 7) is 4.28. The second-order valence-electron chi connectivity index (χ2n) is 4.51. The Labute approximate surface area is 85.1 Å². The fraction of sp³-hybridized carbons (Fsp3) is 0.818. The number of methoxy groups -OCH3 is 1. The lowest BCUT2D eigenvalue weighted by molar-refractivity contribution is -0.142. The molecule has 3 nitrogen and oxygen atoms in total. The van der Waals surface area contributed by atoms with Gasteiger partial charge in [-0.2, -0.15) is 5.26 Å². The van der Waals surface area contributed by atoms with Crippen LogP contribution in [0.25, 0.3) is 0 Å². The summed E-state index contributed by atoms with van der Waals surface area (Å²) in [7, 11) is 1.37. The van der Waals surface area contributed by atoms with Crippen LogP contribution in [-0.2, 0) is 9.53 Å². The van der Waals surface area contributed by atoms with Gasteiger partial charge in [0.25, 0.3) is 0 Å². The van der Waals surface area contributed by atoms with Crippen LogP contribution in [0.3, 0.4) is 0 Å². The number of nitriles is 1. The van der Waals surface area contributed by atoms with Gasteiger partial charge in [0.15, 0.2) is 0 Å². The molecule has 0 aromatic carbocycles. The normalized spacial score (nSPS) is 29.6. The van der Waals surface area contributed by atoms with Crippen molar-refractivity contribution in [1.29, 1.82) is 5.26 Å². The summed E-state index contributed by atoms with van der Waals surface area (Å²) in [5.41, 5.74) is -0.466. The Kier molecular flexibility index (Phi) is 3.15. The van der Waals surface area contributed by atoms with Gasteiger partial charge in [0.2, 0.25) is 0 Å². The van der Waals surface area contributed by atoms with Crippen LogP contribution in [0.4, 0.5) is 0 Å². The highest BCUT2D eigenvalue weighted by atomic mass is 16.5. The number of nitrogens with zero attached hydrogens (tertiary/aromatic N) is 1. The number of ether oxygens (including phenoxy) is 1. The van der Waals surface area contributed by atoms with Gasteiger partial charge in [-0.25, -0.2) is 0 Å². The summed E-state index contributed by atoms with van der Waals surface area (Å²) in [6, 6.07) is 2.30. The summed E-state index contributed by atoms with van der Waals surface area (Å²) in [5, 5.41) is 9.14. The van der Waals surface area contributed by atoms with Crippen molar-refractivity contribution in [1.82, 2.24) is 0 Å². The second kappa shape index (κ2) is 4.00. The molecule has 0 amide bonds. The van der Waals surface area contributed by atoms with Crippen LogP contribution in [0.1, 0.15) is 33.1 Å². The first-order valence-corrected chi connectivity index (χ1v) is 5.01. The Hall–Kier alpha value is -1.04. The van der Waals surface area contributed by atoms with Gasteiger partial charge in [-0.05, 0) is 24.7 Å². The van der Waals surface area contributed by atoms with E-state index in [9.17, 15) is 4.79 Å². The van der Waals surface area contributed by atoms with Crippen LogP contribution < -0.4 is 0 Å². The van der Waals surface area contributed by atoms with Crippen molar-refractivity contribution in [3.63, 3.8) is 0 Å². The maximum absolute atomic E-state index is 11.2. The molecule has 0 aromatic heterocycles. The Morgan fingerprint density at radius 2 is 2.00 bits per heavy atom. The smallest absolute Gasteiger partial charge is 0.307 e. The third-order valence-electron chi connectivity index (χ3n) is 3.34. The topological polar surface area (TPSA) is 50.1 Å². The van der Waals surface area contributed by atoms with Crippen LogP contribution in [0.2, 0.25) is 0 Å². The predicted octanol–water partition coefficient (Wildman–Crippen LogP) is 2.13. The van der Waals surface area contributed by atoms with Crippen LogP contribution >= 0.6 is 0 Å². The van der Waals surface area contributed by atoms with Gasteiger partial charge in [-0.1, -0.05) is 13.8 Å². The summed E-state index contributed by atoms with van der Waals surface area (Å²) >= 11 is 0. The first-order chi connectivity index (χ1) is 6.53. The number of carbonyl (C=O) groups is 1. The van der Waals surface area contributed by atoms with E-state index < -0.39 is 5.41 Å².